The van der Waals surface area contributed by atoms with E-state index in [-0.39, 0.29) is 6.04 Å². The van der Waals surface area contributed by atoms with E-state index >= 15 is 0 Å². The van der Waals surface area contributed by atoms with Crippen LogP contribution in [-0.4, -0.2) is 4.98 Å². The number of nitrogens with two attached hydrogens (primary N) is 1. The first-order chi connectivity index (χ1) is 7.16. The van der Waals surface area contributed by atoms with Gasteiger partial charge in [-0.15, -0.1) is 11.3 Å². The van der Waals surface area contributed by atoms with Crippen molar-refractivity contribution in [2.45, 2.75) is 13.0 Å². The summed E-state index contributed by atoms with van der Waals surface area (Å²) in [6.07, 6.45) is 0. The van der Waals surface area contributed by atoms with Crippen molar-refractivity contribution in [1.82, 2.24) is 4.98 Å². The lowest BCUT2D eigenvalue weighted by molar-refractivity contribution is 0.790. The van der Waals surface area contributed by atoms with Gasteiger partial charge in [-0.05, 0) is 19.1 Å². The zero-order valence-corrected chi connectivity index (χ0v) is 9.85. The molecule has 15 heavy (non-hydrogen) atoms. The maximum atomic E-state index is 5.92. The average molecular weight is 239 g/mol. The standard InChI is InChI=1S/C11H11ClN2S/c1-7(13)10-6-15-11(14-10)8-3-2-4-9(12)5-8/h2-7H,13H2,1H3. The summed E-state index contributed by atoms with van der Waals surface area (Å²) in [7, 11) is 0. The first-order valence-corrected chi connectivity index (χ1v) is 5.89. The van der Waals surface area contributed by atoms with Crippen LogP contribution in [0.5, 0.6) is 0 Å². The van der Waals surface area contributed by atoms with Gasteiger partial charge in [-0.2, -0.15) is 0 Å². The van der Waals surface area contributed by atoms with Gasteiger partial charge in [0, 0.05) is 22.0 Å². The van der Waals surface area contributed by atoms with Crippen LogP contribution in [0.15, 0.2) is 29.6 Å². The number of rotatable bonds is 2. The van der Waals surface area contributed by atoms with Crippen LogP contribution in [0, 0.1) is 0 Å². The van der Waals surface area contributed by atoms with Crippen molar-refractivity contribution in [3.8, 4) is 10.6 Å². The van der Waals surface area contributed by atoms with E-state index in [0.717, 1.165) is 21.3 Å². The van der Waals surface area contributed by atoms with Gasteiger partial charge in [0.05, 0.1) is 5.69 Å². The third-order valence-electron chi connectivity index (χ3n) is 2.06. The lowest BCUT2D eigenvalue weighted by Gasteiger charge is -1.98. The quantitative estimate of drug-likeness (QED) is 0.870. The van der Waals surface area contributed by atoms with Gasteiger partial charge >= 0.3 is 0 Å². The highest BCUT2D eigenvalue weighted by molar-refractivity contribution is 7.13. The number of nitrogens with zero attached hydrogens (tertiary/aromatic N) is 1. The molecule has 78 valence electrons. The van der Waals surface area contributed by atoms with Crippen molar-refractivity contribution in [3.63, 3.8) is 0 Å². The molecule has 1 atom stereocenters. The van der Waals surface area contributed by atoms with E-state index in [1.54, 1.807) is 11.3 Å². The molecule has 0 saturated carbocycles. The second kappa shape index (κ2) is 4.31. The minimum absolute atomic E-state index is 0.0193. The molecule has 0 aliphatic carbocycles. The van der Waals surface area contributed by atoms with E-state index in [1.807, 2.05) is 36.6 Å². The predicted molar refractivity (Wildman–Crippen MR) is 65.2 cm³/mol. The van der Waals surface area contributed by atoms with E-state index in [4.69, 9.17) is 17.3 Å². The van der Waals surface area contributed by atoms with Gasteiger partial charge in [0.2, 0.25) is 0 Å². The molecule has 2 aromatic rings. The van der Waals surface area contributed by atoms with E-state index in [1.165, 1.54) is 0 Å². The summed E-state index contributed by atoms with van der Waals surface area (Å²) in [5.74, 6) is 0. The summed E-state index contributed by atoms with van der Waals surface area (Å²) in [5, 5.41) is 3.68. The summed E-state index contributed by atoms with van der Waals surface area (Å²) >= 11 is 7.51. The highest BCUT2D eigenvalue weighted by Crippen LogP contribution is 2.27. The van der Waals surface area contributed by atoms with Gasteiger partial charge in [-0.25, -0.2) is 4.98 Å². The SMILES string of the molecule is CC(N)c1csc(-c2cccc(Cl)c2)n1. The molecule has 1 aromatic carbocycles. The molecule has 1 unspecified atom stereocenters. The van der Waals surface area contributed by atoms with Crippen molar-refractivity contribution >= 4 is 22.9 Å². The Labute approximate surface area is 97.7 Å². The molecule has 0 radical (unpaired) electrons. The van der Waals surface area contributed by atoms with Gasteiger partial charge < -0.3 is 5.73 Å². The fraction of sp³-hybridized carbons (Fsp3) is 0.182. The Morgan fingerprint density at radius 2 is 2.27 bits per heavy atom. The van der Waals surface area contributed by atoms with Crippen LogP contribution in [0.2, 0.25) is 5.02 Å². The van der Waals surface area contributed by atoms with Gasteiger partial charge in [0.1, 0.15) is 5.01 Å². The minimum Gasteiger partial charge on any atom is -0.323 e. The van der Waals surface area contributed by atoms with Crippen LogP contribution in [0.25, 0.3) is 10.6 Å². The fourth-order valence-electron chi connectivity index (χ4n) is 1.25. The first kappa shape index (κ1) is 10.6. The van der Waals surface area contributed by atoms with Gasteiger partial charge in [-0.3, -0.25) is 0 Å². The first-order valence-electron chi connectivity index (χ1n) is 4.64. The summed E-state index contributed by atoms with van der Waals surface area (Å²) in [4.78, 5) is 4.46. The minimum atomic E-state index is -0.0193. The molecular weight excluding hydrogens is 228 g/mol. The Morgan fingerprint density at radius 1 is 1.47 bits per heavy atom. The molecule has 2 N–H and O–H groups in total. The highest BCUT2D eigenvalue weighted by Gasteiger charge is 2.07. The molecule has 0 amide bonds. The molecule has 0 aliphatic rings. The molecule has 0 spiro atoms. The summed E-state index contributed by atoms with van der Waals surface area (Å²) in [6, 6.07) is 7.66. The van der Waals surface area contributed by atoms with E-state index in [2.05, 4.69) is 4.98 Å². The maximum Gasteiger partial charge on any atom is 0.123 e. The summed E-state index contributed by atoms with van der Waals surface area (Å²) in [5.41, 5.74) is 7.72. The molecule has 2 nitrogen and oxygen atoms in total. The van der Waals surface area contributed by atoms with Crippen molar-refractivity contribution in [3.05, 3.63) is 40.4 Å². The van der Waals surface area contributed by atoms with Crippen LogP contribution in [0.1, 0.15) is 18.7 Å². The van der Waals surface area contributed by atoms with E-state index in [9.17, 15) is 0 Å². The normalized spacial score (nSPS) is 12.7. The van der Waals surface area contributed by atoms with Crippen LogP contribution in [-0.2, 0) is 0 Å². The number of thiazole rings is 1. The maximum absolute atomic E-state index is 5.92. The van der Waals surface area contributed by atoms with Crippen LogP contribution < -0.4 is 5.73 Å². The largest absolute Gasteiger partial charge is 0.323 e. The van der Waals surface area contributed by atoms with Crippen molar-refractivity contribution in [1.29, 1.82) is 0 Å². The third kappa shape index (κ3) is 2.37. The van der Waals surface area contributed by atoms with Gasteiger partial charge in [0.15, 0.2) is 0 Å². The topological polar surface area (TPSA) is 38.9 Å². The molecule has 4 heteroatoms. The molecule has 0 fully saturated rings. The molecule has 1 aromatic heterocycles. The van der Waals surface area contributed by atoms with Crippen molar-refractivity contribution in [2.24, 2.45) is 5.73 Å². The second-order valence-corrected chi connectivity index (χ2v) is 4.67. The van der Waals surface area contributed by atoms with Crippen LogP contribution in [0.4, 0.5) is 0 Å². The van der Waals surface area contributed by atoms with Crippen LogP contribution in [0.3, 0.4) is 0 Å². The average Bonchev–Trinajstić information content (AvgIpc) is 2.66. The third-order valence-corrected chi connectivity index (χ3v) is 3.20. The smallest absolute Gasteiger partial charge is 0.123 e. The number of benzene rings is 1. The number of hydrogen-bond donors (Lipinski definition) is 1. The van der Waals surface area contributed by atoms with Gasteiger partial charge in [-0.1, -0.05) is 23.7 Å². The lowest BCUT2D eigenvalue weighted by Crippen LogP contribution is -2.04. The lowest BCUT2D eigenvalue weighted by atomic mass is 10.2. The van der Waals surface area contributed by atoms with Crippen LogP contribution >= 0.6 is 22.9 Å². The Balaban J connectivity index is 2.37. The van der Waals surface area contributed by atoms with Crippen molar-refractivity contribution in [2.75, 3.05) is 0 Å². The second-order valence-electron chi connectivity index (χ2n) is 3.38. The molecule has 2 rings (SSSR count). The fourth-order valence-corrected chi connectivity index (χ4v) is 2.36. The number of hydrogen-bond acceptors (Lipinski definition) is 3. The highest BCUT2D eigenvalue weighted by atomic mass is 35.5. The Hall–Kier alpha value is -0.900. The zero-order valence-electron chi connectivity index (χ0n) is 8.27. The molecule has 1 heterocycles. The number of halogens is 1. The van der Waals surface area contributed by atoms with E-state index < -0.39 is 0 Å². The number of aromatic nitrogens is 1. The van der Waals surface area contributed by atoms with E-state index in [0.29, 0.717) is 0 Å². The predicted octanol–water partition coefficient (Wildman–Crippen LogP) is 3.48. The Bertz CT molecular complexity index is 465. The monoisotopic (exact) mass is 238 g/mol. The zero-order chi connectivity index (χ0) is 10.8. The molecular formula is C11H11ClN2S. The Morgan fingerprint density at radius 3 is 2.87 bits per heavy atom. The Kier molecular flexibility index (Phi) is 3.05. The van der Waals surface area contributed by atoms with Gasteiger partial charge in [0.25, 0.3) is 0 Å². The molecule has 0 bridgehead atoms. The summed E-state index contributed by atoms with van der Waals surface area (Å²) < 4.78 is 0. The molecule has 0 aliphatic heterocycles. The van der Waals surface area contributed by atoms with Crippen molar-refractivity contribution < 1.29 is 0 Å². The molecule has 0 saturated heterocycles. The summed E-state index contributed by atoms with van der Waals surface area (Å²) in [6.45, 7) is 1.93.